The molecular formula is C13H13NO3. The summed E-state index contributed by atoms with van der Waals surface area (Å²) in [7, 11) is 0. The van der Waals surface area contributed by atoms with Gasteiger partial charge in [0, 0.05) is 12.5 Å². The van der Waals surface area contributed by atoms with Crippen molar-refractivity contribution < 1.29 is 14.3 Å². The molecule has 0 bridgehead atoms. The van der Waals surface area contributed by atoms with Crippen molar-refractivity contribution in [2.24, 2.45) is 0 Å². The van der Waals surface area contributed by atoms with E-state index < -0.39 is 12.3 Å². The summed E-state index contributed by atoms with van der Waals surface area (Å²) >= 11 is 0. The van der Waals surface area contributed by atoms with Gasteiger partial charge in [-0.2, -0.15) is 5.26 Å². The number of hydrogen-bond donors (Lipinski definition) is 0. The van der Waals surface area contributed by atoms with E-state index in [0.717, 1.165) is 0 Å². The van der Waals surface area contributed by atoms with E-state index in [1.807, 2.05) is 6.07 Å². The molecule has 0 fully saturated rings. The molecule has 0 radical (unpaired) electrons. The highest BCUT2D eigenvalue weighted by atomic mass is 16.7. The molecule has 1 atom stereocenters. The monoisotopic (exact) mass is 231 g/mol. The van der Waals surface area contributed by atoms with E-state index >= 15 is 0 Å². The molecule has 1 aromatic carbocycles. The number of carbonyl (C=O) groups is 1. The van der Waals surface area contributed by atoms with E-state index in [4.69, 9.17) is 14.7 Å². The number of rotatable bonds is 4. The largest absolute Gasteiger partial charge is 0.455 e. The zero-order valence-corrected chi connectivity index (χ0v) is 9.77. The lowest BCUT2D eigenvalue weighted by molar-refractivity contribution is -0.156. The number of hydrogen-bond acceptors (Lipinski definition) is 4. The molecule has 0 saturated carbocycles. The van der Waals surface area contributed by atoms with Gasteiger partial charge in [0.05, 0.1) is 11.6 Å². The second-order valence-corrected chi connectivity index (χ2v) is 3.51. The van der Waals surface area contributed by atoms with Crippen molar-refractivity contribution in [2.75, 3.05) is 0 Å². The molecule has 88 valence electrons. The highest BCUT2D eigenvalue weighted by Gasteiger charge is 2.10. The minimum atomic E-state index is -0.702. The number of ether oxygens (including phenoxy) is 2. The van der Waals surface area contributed by atoms with Crippen molar-refractivity contribution in [3.05, 3.63) is 42.0 Å². The molecule has 0 amide bonds. The summed E-state index contributed by atoms with van der Waals surface area (Å²) in [6.07, 6.45) is -0.702. The molecule has 1 rings (SSSR count). The van der Waals surface area contributed by atoms with Crippen molar-refractivity contribution in [3.8, 4) is 11.8 Å². The number of nitriles is 1. The minimum absolute atomic E-state index is 0.320. The van der Waals surface area contributed by atoms with Crippen LogP contribution >= 0.6 is 0 Å². The normalized spacial score (nSPS) is 11.1. The van der Waals surface area contributed by atoms with Crippen molar-refractivity contribution in [1.82, 2.24) is 0 Å². The van der Waals surface area contributed by atoms with Crippen molar-refractivity contribution in [2.45, 2.75) is 20.1 Å². The summed E-state index contributed by atoms with van der Waals surface area (Å²) in [5.41, 5.74) is 0.865. The lowest BCUT2D eigenvalue weighted by atomic mass is 10.2. The molecule has 0 saturated heterocycles. The van der Waals surface area contributed by atoms with E-state index in [1.165, 1.54) is 0 Å². The Kier molecular flexibility index (Phi) is 4.29. The van der Waals surface area contributed by atoms with Gasteiger partial charge in [0.1, 0.15) is 5.75 Å². The van der Waals surface area contributed by atoms with Crippen LogP contribution in [0.2, 0.25) is 0 Å². The first-order valence-corrected chi connectivity index (χ1v) is 5.06. The van der Waals surface area contributed by atoms with Gasteiger partial charge in [-0.25, -0.2) is 4.79 Å². The van der Waals surface area contributed by atoms with Crippen LogP contribution in [0.15, 0.2) is 36.4 Å². The molecule has 0 N–H and O–H groups in total. The Bertz CT molecular complexity index is 457. The molecule has 17 heavy (non-hydrogen) atoms. The quantitative estimate of drug-likeness (QED) is 0.453. The standard InChI is InChI=1S/C13H13NO3/c1-9(2)13(15)17-10(3)16-12-6-4-11(8-14)5-7-12/h4-7,10H,1H2,2-3H3. The molecule has 0 aromatic heterocycles. The van der Waals surface area contributed by atoms with Gasteiger partial charge in [-0.05, 0) is 31.2 Å². The summed E-state index contributed by atoms with van der Waals surface area (Å²) in [6, 6.07) is 8.54. The van der Waals surface area contributed by atoms with E-state index in [-0.39, 0.29) is 0 Å². The highest BCUT2D eigenvalue weighted by molar-refractivity contribution is 5.86. The van der Waals surface area contributed by atoms with Gasteiger partial charge in [0.2, 0.25) is 6.29 Å². The van der Waals surface area contributed by atoms with Gasteiger partial charge in [-0.1, -0.05) is 6.58 Å². The molecule has 0 aliphatic carbocycles. The Labute approximate surface area is 100 Å². The Morgan fingerprint density at radius 2 is 2.00 bits per heavy atom. The second-order valence-electron chi connectivity index (χ2n) is 3.51. The van der Waals surface area contributed by atoms with Gasteiger partial charge < -0.3 is 9.47 Å². The summed E-state index contributed by atoms with van der Waals surface area (Å²) < 4.78 is 10.3. The van der Waals surface area contributed by atoms with Crippen LogP contribution in [0.25, 0.3) is 0 Å². The molecular weight excluding hydrogens is 218 g/mol. The van der Waals surface area contributed by atoms with Gasteiger partial charge in [-0.15, -0.1) is 0 Å². The van der Waals surface area contributed by atoms with Crippen LogP contribution in [0, 0.1) is 11.3 Å². The van der Waals surface area contributed by atoms with Crippen molar-refractivity contribution >= 4 is 5.97 Å². The van der Waals surface area contributed by atoms with Crippen LogP contribution < -0.4 is 4.74 Å². The predicted molar refractivity (Wildman–Crippen MR) is 62.2 cm³/mol. The average Bonchev–Trinajstić information content (AvgIpc) is 2.29. The Balaban J connectivity index is 2.56. The van der Waals surface area contributed by atoms with E-state index in [0.29, 0.717) is 16.9 Å². The molecule has 0 aliphatic heterocycles. The maximum Gasteiger partial charge on any atom is 0.336 e. The number of benzene rings is 1. The Morgan fingerprint density at radius 3 is 2.47 bits per heavy atom. The summed E-state index contributed by atoms with van der Waals surface area (Å²) in [5, 5.41) is 8.62. The van der Waals surface area contributed by atoms with E-state index in [2.05, 4.69) is 6.58 Å². The van der Waals surface area contributed by atoms with Crippen LogP contribution in [0.5, 0.6) is 5.75 Å². The topological polar surface area (TPSA) is 59.3 Å². The first-order chi connectivity index (χ1) is 8.02. The van der Waals surface area contributed by atoms with Crippen LogP contribution in [0.1, 0.15) is 19.4 Å². The highest BCUT2D eigenvalue weighted by Crippen LogP contribution is 2.14. The minimum Gasteiger partial charge on any atom is -0.455 e. The SMILES string of the molecule is C=C(C)C(=O)OC(C)Oc1ccc(C#N)cc1. The van der Waals surface area contributed by atoms with Gasteiger partial charge >= 0.3 is 5.97 Å². The number of esters is 1. The first-order valence-electron chi connectivity index (χ1n) is 5.06. The molecule has 0 heterocycles. The predicted octanol–water partition coefficient (Wildman–Crippen LogP) is 2.40. The lowest BCUT2D eigenvalue weighted by Gasteiger charge is -2.15. The van der Waals surface area contributed by atoms with Crippen LogP contribution in [-0.4, -0.2) is 12.3 Å². The molecule has 1 aromatic rings. The fourth-order valence-electron chi connectivity index (χ4n) is 1.08. The lowest BCUT2D eigenvalue weighted by Crippen LogP contribution is -2.21. The van der Waals surface area contributed by atoms with Gasteiger partial charge in [-0.3, -0.25) is 0 Å². The third-order valence-corrected chi connectivity index (χ3v) is 1.91. The van der Waals surface area contributed by atoms with Crippen LogP contribution in [-0.2, 0) is 9.53 Å². The second kappa shape index (κ2) is 5.71. The molecule has 4 heteroatoms. The third-order valence-electron chi connectivity index (χ3n) is 1.91. The maximum atomic E-state index is 11.2. The zero-order valence-electron chi connectivity index (χ0n) is 9.77. The van der Waals surface area contributed by atoms with E-state index in [9.17, 15) is 4.79 Å². The summed E-state index contributed by atoms with van der Waals surface area (Å²) in [6.45, 7) is 6.65. The first kappa shape index (κ1) is 12.8. The van der Waals surface area contributed by atoms with Gasteiger partial charge in [0.15, 0.2) is 0 Å². The fourth-order valence-corrected chi connectivity index (χ4v) is 1.08. The van der Waals surface area contributed by atoms with Crippen LogP contribution in [0.3, 0.4) is 0 Å². The van der Waals surface area contributed by atoms with Crippen LogP contribution in [0.4, 0.5) is 0 Å². The maximum absolute atomic E-state index is 11.2. The molecule has 4 nitrogen and oxygen atoms in total. The summed E-state index contributed by atoms with van der Waals surface area (Å²) in [5.74, 6) is 0.0390. The molecule has 1 unspecified atom stereocenters. The molecule has 0 aliphatic rings. The average molecular weight is 231 g/mol. The zero-order chi connectivity index (χ0) is 12.8. The summed E-state index contributed by atoms with van der Waals surface area (Å²) in [4.78, 5) is 11.2. The smallest absolute Gasteiger partial charge is 0.336 e. The van der Waals surface area contributed by atoms with Crippen molar-refractivity contribution in [1.29, 1.82) is 5.26 Å². The number of nitrogens with zero attached hydrogens (tertiary/aromatic N) is 1. The third kappa shape index (κ3) is 3.99. The van der Waals surface area contributed by atoms with Crippen molar-refractivity contribution in [3.63, 3.8) is 0 Å². The Morgan fingerprint density at radius 1 is 1.41 bits per heavy atom. The Hall–Kier alpha value is -2.28. The molecule has 0 spiro atoms. The fraction of sp³-hybridized carbons (Fsp3) is 0.231. The number of carbonyl (C=O) groups excluding carboxylic acids is 1. The van der Waals surface area contributed by atoms with E-state index in [1.54, 1.807) is 38.1 Å². The van der Waals surface area contributed by atoms with Gasteiger partial charge in [0.25, 0.3) is 0 Å².